The maximum absolute atomic E-state index is 12.6. The van der Waals surface area contributed by atoms with Crippen molar-refractivity contribution < 1.29 is 9.53 Å². The number of hydrogen-bond acceptors (Lipinski definition) is 6. The van der Waals surface area contributed by atoms with Crippen LogP contribution >= 0.6 is 0 Å². The second-order valence-electron chi connectivity index (χ2n) is 10.5. The van der Waals surface area contributed by atoms with Gasteiger partial charge in [0.05, 0.1) is 23.8 Å². The zero-order valence-corrected chi connectivity index (χ0v) is 21.5. The molecule has 3 aliphatic rings. The summed E-state index contributed by atoms with van der Waals surface area (Å²) >= 11 is 0. The summed E-state index contributed by atoms with van der Waals surface area (Å²) in [5.74, 6) is 1.09. The van der Waals surface area contributed by atoms with Gasteiger partial charge in [0.25, 0.3) is 0 Å². The predicted octanol–water partition coefficient (Wildman–Crippen LogP) is 3.16. The standard InChI is InChI=1S/C27H37N7O2/c1-20-4-7-22-23(34(20)27(35)36-2)8-9-24-26(22)29-25(10-13-32-12-3-11-28-32)33(24)19-16-30-14-17-31(18-15-30)21-5-6-21/h3,8-9,11-12,20-21H,4-7,10,13-19H2,1-2H3/t20-/m0/s1. The maximum Gasteiger partial charge on any atom is 0.414 e. The van der Waals surface area contributed by atoms with E-state index in [4.69, 9.17) is 9.72 Å². The number of anilines is 1. The van der Waals surface area contributed by atoms with Crippen molar-refractivity contribution >= 4 is 22.8 Å². The first-order valence-corrected chi connectivity index (χ1v) is 13.4. The van der Waals surface area contributed by atoms with Crippen LogP contribution in [0.2, 0.25) is 0 Å². The smallest absolute Gasteiger partial charge is 0.414 e. The molecule has 0 spiro atoms. The average Bonchev–Trinajstić information content (AvgIpc) is 3.50. The Morgan fingerprint density at radius 2 is 1.92 bits per heavy atom. The van der Waals surface area contributed by atoms with Gasteiger partial charge in [-0.3, -0.25) is 19.4 Å². The number of hydrogen-bond donors (Lipinski definition) is 0. The summed E-state index contributed by atoms with van der Waals surface area (Å²) in [5, 5.41) is 4.39. The van der Waals surface area contributed by atoms with Crippen molar-refractivity contribution in [3.05, 3.63) is 42.0 Å². The number of aryl methyl sites for hydroxylation is 3. The quantitative estimate of drug-likeness (QED) is 0.506. The SMILES string of the molecule is COC(=O)N1c2ccc3c(nc(CCn4cccn4)n3CCN3CCN(C4CC4)CC3)c2CC[C@@H]1C. The van der Waals surface area contributed by atoms with Crippen molar-refractivity contribution in [3.63, 3.8) is 0 Å². The number of carbonyl (C=O) groups excluding carboxylic acids is 1. The second-order valence-corrected chi connectivity index (χ2v) is 10.5. The fraction of sp³-hybridized carbons (Fsp3) is 0.593. The summed E-state index contributed by atoms with van der Waals surface area (Å²) in [7, 11) is 1.45. The van der Waals surface area contributed by atoms with Gasteiger partial charge in [-0.1, -0.05) is 0 Å². The molecule has 1 saturated heterocycles. The number of ether oxygens (including phenoxy) is 1. The van der Waals surface area contributed by atoms with E-state index < -0.39 is 0 Å². The highest BCUT2D eigenvalue weighted by atomic mass is 16.5. The normalized spacial score (nSPS) is 21.2. The first kappa shape index (κ1) is 23.5. The fourth-order valence-electron chi connectivity index (χ4n) is 5.97. The number of methoxy groups -OCH3 is 1. The van der Waals surface area contributed by atoms with Gasteiger partial charge < -0.3 is 9.30 Å². The van der Waals surface area contributed by atoms with Gasteiger partial charge in [0.15, 0.2) is 0 Å². The van der Waals surface area contributed by atoms with E-state index in [-0.39, 0.29) is 12.1 Å². The Morgan fingerprint density at radius 1 is 1.08 bits per heavy atom. The predicted molar refractivity (Wildman–Crippen MR) is 139 cm³/mol. The molecular formula is C27H37N7O2. The molecule has 1 aliphatic carbocycles. The Labute approximate surface area is 212 Å². The molecular weight excluding hydrogens is 454 g/mol. The molecule has 36 heavy (non-hydrogen) atoms. The molecule has 1 aromatic carbocycles. The molecule has 0 radical (unpaired) electrons. The minimum atomic E-state index is -0.300. The molecule has 2 fully saturated rings. The van der Waals surface area contributed by atoms with Crippen molar-refractivity contribution in [1.82, 2.24) is 29.1 Å². The molecule has 1 amide bonds. The first-order chi connectivity index (χ1) is 17.6. The summed E-state index contributed by atoms with van der Waals surface area (Å²) in [4.78, 5) is 24.8. The Balaban J connectivity index is 1.28. The molecule has 9 heteroatoms. The van der Waals surface area contributed by atoms with E-state index in [0.29, 0.717) is 0 Å². The van der Waals surface area contributed by atoms with Crippen LogP contribution in [0.25, 0.3) is 11.0 Å². The van der Waals surface area contributed by atoms with Crippen molar-refractivity contribution in [2.45, 2.75) is 64.2 Å². The fourth-order valence-corrected chi connectivity index (χ4v) is 5.97. The lowest BCUT2D eigenvalue weighted by Gasteiger charge is -2.35. The zero-order valence-electron chi connectivity index (χ0n) is 21.5. The molecule has 6 rings (SSSR count). The zero-order chi connectivity index (χ0) is 24.6. The average molecular weight is 492 g/mol. The Bertz CT molecular complexity index is 1210. The third kappa shape index (κ3) is 4.50. The maximum atomic E-state index is 12.6. The van der Waals surface area contributed by atoms with Crippen molar-refractivity contribution in [1.29, 1.82) is 0 Å². The van der Waals surface area contributed by atoms with E-state index in [2.05, 4.69) is 38.5 Å². The highest BCUT2D eigenvalue weighted by Crippen LogP contribution is 2.36. The first-order valence-electron chi connectivity index (χ1n) is 13.4. The number of piperazine rings is 1. The summed E-state index contributed by atoms with van der Waals surface area (Å²) in [6.07, 6.45) is 8.94. The monoisotopic (exact) mass is 491 g/mol. The molecule has 0 bridgehead atoms. The van der Waals surface area contributed by atoms with Gasteiger partial charge in [-0.2, -0.15) is 5.10 Å². The molecule has 2 aliphatic heterocycles. The van der Waals surface area contributed by atoms with E-state index in [9.17, 15) is 4.79 Å². The van der Waals surface area contributed by atoms with Crippen LogP contribution in [0.4, 0.5) is 10.5 Å². The molecule has 1 saturated carbocycles. The van der Waals surface area contributed by atoms with Crippen LogP contribution in [-0.4, -0.2) is 87.1 Å². The van der Waals surface area contributed by atoms with E-state index in [0.717, 1.165) is 80.6 Å². The molecule has 3 aromatic rings. The van der Waals surface area contributed by atoms with Crippen LogP contribution in [0.1, 0.15) is 37.6 Å². The number of nitrogens with zero attached hydrogens (tertiary/aromatic N) is 7. The number of aromatic nitrogens is 4. The molecule has 2 aromatic heterocycles. The van der Waals surface area contributed by atoms with Crippen LogP contribution in [0, 0.1) is 0 Å². The summed E-state index contributed by atoms with van der Waals surface area (Å²) in [6.45, 7) is 9.50. The van der Waals surface area contributed by atoms with Gasteiger partial charge in [-0.25, -0.2) is 9.78 Å². The summed E-state index contributed by atoms with van der Waals surface area (Å²) < 4.78 is 9.49. The van der Waals surface area contributed by atoms with Crippen LogP contribution in [-0.2, 0) is 30.7 Å². The second kappa shape index (κ2) is 9.86. The molecule has 9 nitrogen and oxygen atoms in total. The number of rotatable bonds is 7. The van der Waals surface area contributed by atoms with Crippen LogP contribution < -0.4 is 4.90 Å². The van der Waals surface area contributed by atoms with Gasteiger partial charge >= 0.3 is 6.09 Å². The summed E-state index contributed by atoms with van der Waals surface area (Å²) in [6, 6.07) is 7.17. The van der Waals surface area contributed by atoms with Crippen LogP contribution in [0.15, 0.2) is 30.6 Å². The Kier molecular flexibility index (Phi) is 6.43. The number of amides is 1. The topological polar surface area (TPSA) is 71.7 Å². The van der Waals surface area contributed by atoms with Crippen molar-refractivity contribution in [3.8, 4) is 0 Å². The van der Waals surface area contributed by atoms with E-state index in [1.807, 2.05) is 23.1 Å². The Hall–Kier alpha value is -2.91. The van der Waals surface area contributed by atoms with Crippen molar-refractivity contribution in [2.24, 2.45) is 0 Å². The van der Waals surface area contributed by atoms with E-state index in [1.165, 1.54) is 38.6 Å². The lowest BCUT2D eigenvalue weighted by atomic mass is 9.96. The van der Waals surface area contributed by atoms with Gasteiger partial charge in [-0.15, -0.1) is 0 Å². The molecule has 192 valence electrons. The van der Waals surface area contributed by atoms with E-state index >= 15 is 0 Å². The molecule has 0 unspecified atom stereocenters. The highest BCUT2D eigenvalue weighted by molar-refractivity contribution is 5.95. The van der Waals surface area contributed by atoms with Gasteiger partial charge in [0.1, 0.15) is 5.82 Å². The number of imidazole rings is 1. The lowest BCUT2D eigenvalue weighted by molar-refractivity contribution is 0.123. The number of fused-ring (bicyclic) bond motifs is 3. The molecule has 4 heterocycles. The largest absolute Gasteiger partial charge is 0.452 e. The van der Waals surface area contributed by atoms with Gasteiger partial charge in [0, 0.05) is 82.3 Å². The molecule has 0 N–H and O–H groups in total. The van der Waals surface area contributed by atoms with Crippen LogP contribution in [0.3, 0.4) is 0 Å². The third-order valence-electron chi connectivity index (χ3n) is 8.20. The number of benzene rings is 1. The van der Waals surface area contributed by atoms with Gasteiger partial charge in [0.2, 0.25) is 0 Å². The summed E-state index contributed by atoms with van der Waals surface area (Å²) in [5.41, 5.74) is 4.29. The highest BCUT2D eigenvalue weighted by Gasteiger charge is 2.32. The minimum absolute atomic E-state index is 0.109. The lowest BCUT2D eigenvalue weighted by Crippen LogP contribution is -2.47. The Morgan fingerprint density at radius 3 is 2.64 bits per heavy atom. The van der Waals surface area contributed by atoms with Crippen molar-refractivity contribution in [2.75, 3.05) is 44.7 Å². The number of carbonyl (C=O) groups is 1. The third-order valence-corrected chi connectivity index (χ3v) is 8.20. The van der Waals surface area contributed by atoms with Gasteiger partial charge in [-0.05, 0) is 50.8 Å². The van der Waals surface area contributed by atoms with E-state index in [1.54, 1.807) is 4.90 Å². The van der Waals surface area contributed by atoms with Crippen LogP contribution in [0.5, 0.6) is 0 Å². The minimum Gasteiger partial charge on any atom is -0.452 e. The molecule has 1 atom stereocenters.